The molecule has 3 aromatic rings. The quantitative estimate of drug-likeness (QED) is 0.632. The molecule has 4 rings (SSSR count). The Bertz CT molecular complexity index is 1050. The van der Waals surface area contributed by atoms with Crippen LogP contribution in [0.15, 0.2) is 58.8 Å². The number of carbonyl (C=O) groups excluding carboxylic acids is 1. The number of carbonyl (C=O) groups is 1. The highest BCUT2D eigenvalue weighted by molar-refractivity contribution is 7.13. The zero-order valence-electron chi connectivity index (χ0n) is 17.1. The van der Waals surface area contributed by atoms with Crippen molar-refractivity contribution < 1.29 is 4.79 Å². The molecular weight excluding hydrogens is 396 g/mol. The minimum Gasteiger partial charge on any atom is -0.362 e. The van der Waals surface area contributed by atoms with Crippen molar-refractivity contribution in [1.82, 2.24) is 14.9 Å². The van der Waals surface area contributed by atoms with Gasteiger partial charge in [-0.15, -0.1) is 11.3 Å². The number of thiazole rings is 1. The lowest BCUT2D eigenvalue weighted by molar-refractivity contribution is 0.0684. The smallest absolute Gasteiger partial charge is 0.254 e. The van der Waals surface area contributed by atoms with Gasteiger partial charge in [-0.25, -0.2) is 4.98 Å². The van der Waals surface area contributed by atoms with Crippen molar-refractivity contribution in [2.75, 3.05) is 25.0 Å². The van der Waals surface area contributed by atoms with Gasteiger partial charge in [-0.2, -0.15) is 0 Å². The van der Waals surface area contributed by atoms with Crippen LogP contribution in [0, 0.1) is 0 Å². The van der Waals surface area contributed by atoms with E-state index < -0.39 is 0 Å². The fourth-order valence-corrected chi connectivity index (χ4v) is 4.95. The zero-order valence-corrected chi connectivity index (χ0v) is 17.9. The Morgan fingerprint density at radius 1 is 1.23 bits per heavy atom. The van der Waals surface area contributed by atoms with E-state index in [0.29, 0.717) is 18.7 Å². The molecule has 156 valence electrons. The van der Waals surface area contributed by atoms with Crippen LogP contribution in [-0.2, 0) is 5.41 Å². The van der Waals surface area contributed by atoms with Crippen LogP contribution in [0.1, 0.15) is 47.8 Å². The molecule has 3 heterocycles. The van der Waals surface area contributed by atoms with E-state index >= 15 is 0 Å². The van der Waals surface area contributed by atoms with Crippen LogP contribution in [0.4, 0.5) is 5.13 Å². The molecule has 0 spiro atoms. The summed E-state index contributed by atoms with van der Waals surface area (Å²) >= 11 is 1.64. The monoisotopic (exact) mass is 422 g/mol. The number of H-pyrrole nitrogens is 1. The Hall–Kier alpha value is -2.93. The van der Waals surface area contributed by atoms with Gasteiger partial charge < -0.3 is 15.2 Å². The lowest BCUT2D eigenvalue weighted by atomic mass is 9.70. The van der Waals surface area contributed by atoms with Crippen LogP contribution in [0.5, 0.6) is 0 Å². The summed E-state index contributed by atoms with van der Waals surface area (Å²) in [7, 11) is 0. The summed E-state index contributed by atoms with van der Waals surface area (Å²) in [4.78, 5) is 33.8. The van der Waals surface area contributed by atoms with Crippen molar-refractivity contribution >= 4 is 22.4 Å². The molecule has 0 saturated carbocycles. The van der Waals surface area contributed by atoms with Gasteiger partial charge in [0, 0.05) is 48.3 Å². The first-order chi connectivity index (χ1) is 14.6. The van der Waals surface area contributed by atoms with Gasteiger partial charge in [-0.3, -0.25) is 9.59 Å². The third-order valence-corrected chi connectivity index (χ3v) is 6.57. The third-order valence-electron chi connectivity index (χ3n) is 5.77. The van der Waals surface area contributed by atoms with E-state index in [1.807, 2.05) is 11.0 Å². The van der Waals surface area contributed by atoms with E-state index in [1.165, 1.54) is 17.8 Å². The van der Waals surface area contributed by atoms with Crippen LogP contribution in [-0.4, -0.2) is 40.4 Å². The first-order valence-corrected chi connectivity index (χ1v) is 11.2. The van der Waals surface area contributed by atoms with Gasteiger partial charge in [0.25, 0.3) is 5.91 Å². The maximum Gasteiger partial charge on any atom is 0.254 e. The molecule has 0 atom stereocenters. The Kier molecular flexibility index (Phi) is 5.99. The normalized spacial score (nSPS) is 15.7. The highest BCUT2D eigenvalue weighted by Crippen LogP contribution is 2.42. The molecule has 1 aromatic carbocycles. The Morgan fingerprint density at radius 2 is 2.00 bits per heavy atom. The molecule has 1 amide bonds. The van der Waals surface area contributed by atoms with Crippen molar-refractivity contribution in [3.05, 3.63) is 81.2 Å². The fourth-order valence-electron chi connectivity index (χ4n) is 4.11. The number of benzene rings is 1. The average Bonchev–Trinajstić information content (AvgIpc) is 3.27. The number of likely N-dealkylation sites (tertiary alicyclic amines) is 1. The highest BCUT2D eigenvalue weighted by atomic mass is 32.1. The number of nitrogens with zero attached hydrogens (tertiary/aromatic N) is 2. The summed E-state index contributed by atoms with van der Waals surface area (Å²) in [6.07, 6.45) is 4.16. The second-order valence-electron chi connectivity index (χ2n) is 7.65. The molecule has 7 heteroatoms. The van der Waals surface area contributed by atoms with Gasteiger partial charge in [0.2, 0.25) is 5.56 Å². The van der Waals surface area contributed by atoms with Crippen molar-refractivity contribution in [2.24, 2.45) is 0 Å². The maximum atomic E-state index is 12.9. The van der Waals surface area contributed by atoms with Gasteiger partial charge >= 0.3 is 0 Å². The molecule has 2 N–H and O–H groups in total. The summed E-state index contributed by atoms with van der Waals surface area (Å²) in [5.74, 6) is -0.0914. The van der Waals surface area contributed by atoms with E-state index in [9.17, 15) is 9.59 Å². The minimum atomic E-state index is -0.258. The summed E-state index contributed by atoms with van der Waals surface area (Å²) in [6.45, 7) is 4.29. The topological polar surface area (TPSA) is 78.1 Å². The van der Waals surface area contributed by atoms with E-state index in [2.05, 4.69) is 46.9 Å². The average molecular weight is 423 g/mol. The second kappa shape index (κ2) is 8.83. The maximum absolute atomic E-state index is 12.9. The number of rotatable bonds is 6. The number of nitrogens with one attached hydrogen (secondary N) is 2. The van der Waals surface area contributed by atoms with Crippen molar-refractivity contribution in [3.8, 4) is 0 Å². The highest BCUT2D eigenvalue weighted by Gasteiger charge is 2.41. The molecule has 1 aliphatic rings. The number of aromatic nitrogens is 2. The summed E-state index contributed by atoms with van der Waals surface area (Å²) < 4.78 is 0. The number of pyridine rings is 1. The Morgan fingerprint density at radius 3 is 2.70 bits per heavy atom. The van der Waals surface area contributed by atoms with Gasteiger partial charge in [-0.1, -0.05) is 37.3 Å². The fraction of sp³-hybridized carbons (Fsp3) is 0.348. The van der Waals surface area contributed by atoms with Crippen LogP contribution >= 0.6 is 11.3 Å². The van der Waals surface area contributed by atoms with Gasteiger partial charge in [-0.05, 0) is 30.9 Å². The predicted octanol–water partition coefficient (Wildman–Crippen LogP) is 3.88. The second-order valence-corrected chi connectivity index (χ2v) is 8.50. The van der Waals surface area contributed by atoms with Crippen LogP contribution < -0.4 is 10.9 Å². The molecule has 0 aliphatic carbocycles. The lowest BCUT2D eigenvalue weighted by Crippen LogP contribution is -2.46. The number of hydrogen-bond donors (Lipinski definition) is 2. The van der Waals surface area contributed by atoms with E-state index in [0.717, 1.165) is 36.6 Å². The Labute approximate surface area is 180 Å². The number of piperidine rings is 1. The summed E-state index contributed by atoms with van der Waals surface area (Å²) in [5, 5.41) is 6.49. The van der Waals surface area contributed by atoms with Crippen molar-refractivity contribution in [1.29, 1.82) is 0 Å². The molecule has 2 aromatic heterocycles. The predicted molar refractivity (Wildman–Crippen MR) is 120 cm³/mol. The first-order valence-electron chi connectivity index (χ1n) is 10.4. The number of aromatic amines is 1. The van der Waals surface area contributed by atoms with Gasteiger partial charge in [0.15, 0.2) is 5.13 Å². The SMILES string of the molecule is CCCNc1nc(C2(c3ccccc3)CCN(C(=O)c3cc[nH]c(=O)c3)CC2)cs1. The standard InChI is InChI=1S/C23H26N4O2S/c1-2-11-25-22-26-19(16-30-22)23(18-6-4-3-5-7-18)9-13-27(14-10-23)21(29)17-8-12-24-20(28)15-17/h3-8,12,15-16H,2,9-11,13-14H2,1H3,(H,24,28)(H,25,26). The number of amides is 1. The van der Waals surface area contributed by atoms with Crippen molar-refractivity contribution in [3.63, 3.8) is 0 Å². The van der Waals surface area contributed by atoms with Gasteiger partial charge in [0.05, 0.1) is 5.69 Å². The molecule has 0 radical (unpaired) electrons. The largest absolute Gasteiger partial charge is 0.362 e. The van der Waals surface area contributed by atoms with Gasteiger partial charge in [0.1, 0.15) is 0 Å². The van der Waals surface area contributed by atoms with Crippen LogP contribution in [0.25, 0.3) is 0 Å². The third kappa shape index (κ3) is 4.03. The molecule has 30 heavy (non-hydrogen) atoms. The van der Waals surface area contributed by atoms with E-state index in [4.69, 9.17) is 4.98 Å². The van der Waals surface area contributed by atoms with Crippen LogP contribution in [0.2, 0.25) is 0 Å². The summed E-state index contributed by atoms with van der Waals surface area (Å²) in [5.41, 5.74) is 2.27. The van der Waals surface area contributed by atoms with Crippen LogP contribution in [0.3, 0.4) is 0 Å². The summed E-state index contributed by atoms with van der Waals surface area (Å²) in [6, 6.07) is 13.5. The number of hydrogen-bond acceptors (Lipinski definition) is 5. The van der Waals surface area contributed by atoms with E-state index in [1.54, 1.807) is 17.4 Å². The Balaban J connectivity index is 1.59. The molecule has 0 bridgehead atoms. The molecule has 0 unspecified atom stereocenters. The number of anilines is 1. The van der Waals surface area contributed by atoms with Crippen molar-refractivity contribution in [2.45, 2.75) is 31.6 Å². The molecule has 6 nitrogen and oxygen atoms in total. The zero-order chi connectivity index (χ0) is 21.0. The first kappa shape index (κ1) is 20.3. The molecule has 1 fully saturated rings. The molecule has 1 saturated heterocycles. The molecular formula is C23H26N4O2S. The van der Waals surface area contributed by atoms with E-state index in [-0.39, 0.29) is 16.9 Å². The molecule has 1 aliphatic heterocycles. The minimum absolute atomic E-state index is 0.0914. The lowest BCUT2D eigenvalue weighted by Gasteiger charge is -2.41.